The summed E-state index contributed by atoms with van der Waals surface area (Å²) >= 11 is 0. The predicted octanol–water partition coefficient (Wildman–Crippen LogP) is 4.06. The summed E-state index contributed by atoms with van der Waals surface area (Å²) in [6.07, 6.45) is 8.85. The summed E-state index contributed by atoms with van der Waals surface area (Å²) in [7, 11) is 0. The third kappa shape index (κ3) is 2.82. The lowest BCUT2D eigenvalue weighted by atomic mass is 9.47. The Balaban J connectivity index is 1.61. The number of Topliss-reactive ketones (excluding diaryl/α,β-unsaturated/α-hetero) is 1. The number of hydrogen-bond donors (Lipinski definition) is 1. The maximum absolute atomic E-state index is 12.3. The first-order valence-corrected chi connectivity index (χ1v) is 10.7. The molecule has 4 aliphatic rings. The van der Waals surface area contributed by atoms with Gasteiger partial charge in [0.15, 0.2) is 0 Å². The van der Waals surface area contributed by atoms with Gasteiger partial charge in [0.1, 0.15) is 11.9 Å². The average molecular weight is 375 g/mol. The summed E-state index contributed by atoms with van der Waals surface area (Å²) < 4.78 is 5.51. The van der Waals surface area contributed by atoms with Gasteiger partial charge in [0.2, 0.25) is 0 Å². The van der Waals surface area contributed by atoms with Gasteiger partial charge in [0.05, 0.1) is 6.10 Å². The molecular formula is C23H34O4. The highest BCUT2D eigenvalue weighted by molar-refractivity contribution is 5.80. The first kappa shape index (κ1) is 19.2. The van der Waals surface area contributed by atoms with Crippen LogP contribution in [-0.2, 0) is 14.3 Å². The van der Waals surface area contributed by atoms with E-state index in [1.165, 1.54) is 12.5 Å². The zero-order chi connectivity index (χ0) is 19.6. The van der Waals surface area contributed by atoms with E-state index in [9.17, 15) is 14.7 Å². The third-order valence-corrected chi connectivity index (χ3v) is 8.86. The van der Waals surface area contributed by atoms with Gasteiger partial charge < -0.3 is 9.84 Å². The second-order valence-corrected chi connectivity index (χ2v) is 10.2. The minimum atomic E-state index is -0.478. The number of aliphatic hydroxyl groups excluding tert-OH is 1. The quantitative estimate of drug-likeness (QED) is 0.585. The van der Waals surface area contributed by atoms with Crippen LogP contribution in [0.4, 0.5) is 0 Å². The average Bonchev–Trinajstić information content (AvgIpc) is 2.85. The highest BCUT2D eigenvalue weighted by Gasteiger charge is 2.61. The van der Waals surface area contributed by atoms with Crippen molar-refractivity contribution in [2.24, 2.45) is 34.5 Å². The molecule has 4 rings (SSSR count). The van der Waals surface area contributed by atoms with Crippen molar-refractivity contribution in [2.75, 3.05) is 0 Å². The molecule has 150 valence electrons. The fraction of sp³-hybridized carbons (Fsp3) is 0.826. The van der Waals surface area contributed by atoms with Gasteiger partial charge in [-0.2, -0.15) is 0 Å². The molecule has 4 nitrogen and oxygen atoms in total. The van der Waals surface area contributed by atoms with E-state index in [2.05, 4.69) is 19.9 Å². The van der Waals surface area contributed by atoms with Gasteiger partial charge in [-0.05, 0) is 74.0 Å². The zero-order valence-corrected chi connectivity index (χ0v) is 17.2. The monoisotopic (exact) mass is 374 g/mol. The number of ether oxygens (including phenoxy) is 1. The lowest BCUT2D eigenvalue weighted by Gasteiger charge is -2.57. The van der Waals surface area contributed by atoms with Crippen LogP contribution in [-0.4, -0.2) is 29.1 Å². The van der Waals surface area contributed by atoms with E-state index in [-0.39, 0.29) is 34.6 Å². The molecule has 8 atom stereocenters. The lowest BCUT2D eigenvalue weighted by molar-refractivity contribution is -0.149. The normalized spacial score (nSPS) is 48.7. The standard InChI is InChI=1S/C23H34O4/c1-13(24)21-20(26)12-19-17-6-5-15-11-16(27-14(2)25)7-9-22(15,3)18(17)8-10-23(19,21)4/h5,16-21,26H,6-12H2,1-4H3/t16-,17+,18-,19-,20-,21-,22-,23-/m0/s1. The highest BCUT2D eigenvalue weighted by atomic mass is 16.5. The molecule has 0 amide bonds. The Bertz CT molecular complexity index is 682. The summed E-state index contributed by atoms with van der Waals surface area (Å²) in [6, 6.07) is 0. The Morgan fingerprint density at radius 1 is 1.15 bits per heavy atom. The fourth-order valence-corrected chi connectivity index (χ4v) is 7.71. The van der Waals surface area contributed by atoms with Crippen LogP contribution in [0.2, 0.25) is 0 Å². The van der Waals surface area contributed by atoms with Gasteiger partial charge in [0.25, 0.3) is 0 Å². The number of ketones is 1. The Labute approximate surface area is 162 Å². The number of allylic oxidation sites excluding steroid dienone is 1. The molecule has 1 N–H and O–H groups in total. The molecule has 0 aliphatic heterocycles. The summed E-state index contributed by atoms with van der Waals surface area (Å²) in [5, 5.41) is 10.7. The van der Waals surface area contributed by atoms with Crippen molar-refractivity contribution in [1.82, 2.24) is 0 Å². The van der Waals surface area contributed by atoms with E-state index < -0.39 is 6.10 Å². The Morgan fingerprint density at radius 3 is 2.56 bits per heavy atom. The smallest absolute Gasteiger partial charge is 0.302 e. The molecule has 0 bridgehead atoms. The number of carbonyl (C=O) groups excluding carboxylic acids is 2. The summed E-state index contributed by atoms with van der Waals surface area (Å²) in [4.78, 5) is 23.6. The Hall–Kier alpha value is -1.16. The van der Waals surface area contributed by atoms with Gasteiger partial charge in [-0.15, -0.1) is 0 Å². The number of rotatable bonds is 2. The largest absolute Gasteiger partial charge is 0.462 e. The van der Waals surface area contributed by atoms with Gasteiger partial charge in [-0.25, -0.2) is 0 Å². The fourth-order valence-electron chi connectivity index (χ4n) is 7.71. The molecule has 3 fully saturated rings. The van der Waals surface area contributed by atoms with Crippen LogP contribution in [0.3, 0.4) is 0 Å². The van der Waals surface area contributed by atoms with E-state index in [0.717, 1.165) is 44.9 Å². The molecule has 0 saturated heterocycles. The van der Waals surface area contributed by atoms with Crippen LogP contribution in [0.5, 0.6) is 0 Å². The van der Waals surface area contributed by atoms with E-state index in [1.54, 1.807) is 6.92 Å². The summed E-state index contributed by atoms with van der Waals surface area (Å²) in [5.74, 6) is 1.39. The maximum Gasteiger partial charge on any atom is 0.302 e. The minimum Gasteiger partial charge on any atom is -0.462 e. The number of carbonyl (C=O) groups is 2. The summed E-state index contributed by atoms with van der Waals surface area (Å²) in [5.41, 5.74) is 1.61. The van der Waals surface area contributed by atoms with Crippen LogP contribution in [0.15, 0.2) is 11.6 Å². The minimum absolute atomic E-state index is 0.0302. The van der Waals surface area contributed by atoms with Crippen LogP contribution in [0.1, 0.15) is 72.6 Å². The molecule has 0 aromatic rings. The van der Waals surface area contributed by atoms with Crippen molar-refractivity contribution in [3.63, 3.8) is 0 Å². The first-order chi connectivity index (χ1) is 12.7. The van der Waals surface area contributed by atoms with E-state index in [1.807, 2.05) is 0 Å². The van der Waals surface area contributed by atoms with E-state index in [0.29, 0.717) is 17.8 Å². The van der Waals surface area contributed by atoms with Gasteiger partial charge in [-0.1, -0.05) is 25.5 Å². The Kier molecular flexibility index (Phi) is 4.57. The molecule has 27 heavy (non-hydrogen) atoms. The molecule has 0 spiro atoms. The van der Waals surface area contributed by atoms with Gasteiger partial charge in [-0.3, -0.25) is 9.59 Å². The van der Waals surface area contributed by atoms with E-state index >= 15 is 0 Å². The van der Waals surface area contributed by atoms with Crippen LogP contribution in [0.25, 0.3) is 0 Å². The maximum atomic E-state index is 12.3. The molecule has 0 aromatic heterocycles. The second-order valence-electron chi connectivity index (χ2n) is 10.2. The van der Waals surface area contributed by atoms with Crippen molar-refractivity contribution >= 4 is 11.8 Å². The van der Waals surface area contributed by atoms with Crippen molar-refractivity contribution in [2.45, 2.75) is 84.8 Å². The highest BCUT2D eigenvalue weighted by Crippen LogP contribution is 2.66. The molecule has 0 heterocycles. The Morgan fingerprint density at radius 2 is 1.89 bits per heavy atom. The van der Waals surface area contributed by atoms with Crippen molar-refractivity contribution in [3.05, 3.63) is 11.6 Å². The van der Waals surface area contributed by atoms with Crippen LogP contribution in [0, 0.1) is 34.5 Å². The molecule has 3 saturated carbocycles. The van der Waals surface area contributed by atoms with Crippen molar-refractivity contribution in [3.8, 4) is 0 Å². The lowest BCUT2D eigenvalue weighted by Crippen LogP contribution is -2.51. The number of aliphatic hydroxyl groups is 1. The molecule has 0 aromatic carbocycles. The van der Waals surface area contributed by atoms with Gasteiger partial charge in [0, 0.05) is 19.3 Å². The molecular weight excluding hydrogens is 340 g/mol. The molecule has 0 radical (unpaired) electrons. The van der Waals surface area contributed by atoms with Crippen LogP contribution < -0.4 is 0 Å². The van der Waals surface area contributed by atoms with E-state index in [4.69, 9.17) is 4.74 Å². The van der Waals surface area contributed by atoms with Gasteiger partial charge >= 0.3 is 5.97 Å². The topological polar surface area (TPSA) is 63.6 Å². The van der Waals surface area contributed by atoms with Crippen molar-refractivity contribution < 1.29 is 19.4 Å². The molecule has 4 aliphatic carbocycles. The summed E-state index contributed by atoms with van der Waals surface area (Å²) in [6.45, 7) is 7.83. The third-order valence-electron chi connectivity index (χ3n) is 8.86. The predicted molar refractivity (Wildman–Crippen MR) is 103 cm³/mol. The van der Waals surface area contributed by atoms with Crippen molar-refractivity contribution in [1.29, 1.82) is 0 Å². The van der Waals surface area contributed by atoms with Crippen LogP contribution >= 0.6 is 0 Å². The zero-order valence-electron chi connectivity index (χ0n) is 17.2. The number of esters is 1. The second kappa shape index (κ2) is 6.43. The number of hydrogen-bond acceptors (Lipinski definition) is 4. The molecule has 4 heteroatoms. The SMILES string of the molecule is CC(=O)O[C@H]1CC[C@@]2(C)C(=CC[C@H]3[C@@H]4C[C@H](O)[C@H](C(C)=O)[C@@]4(C)CC[C@@H]32)C1. The number of fused-ring (bicyclic) bond motifs is 5. The first-order valence-electron chi connectivity index (χ1n) is 10.7. The molecule has 0 unspecified atom stereocenters.